The summed E-state index contributed by atoms with van der Waals surface area (Å²) in [4.78, 5) is 5.21. The second kappa shape index (κ2) is 5.55. The molecule has 0 saturated carbocycles. The number of azide groups is 2. The Morgan fingerprint density at radius 1 is 1.25 bits per heavy atom. The van der Waals surface area contributed by atoms with Crippen LogP contribution in [0.5, 0.6) is 0 Å². The lowest BCUT2D eigenvalue weighted by molar-refractivity contribution is -0.215. The molecule has 1 fully saturated rings. The molecule has 1 rings (SSSR count). The first-order chi connectivity index (χ1) is 7.65. The highest BCUT2D eigenvalue weighted by Crippen LogP contribution is 2.26. The summed E-state index contributed by atoms with van der Waals surface area (Å²) >= 11 is 0. The molecular formula is C7H12N6O3. The van der Waals surface area contributed by atoms with Gasteiger partial charge in [-0.2, -0.15) is 0 Å². The van der Waals surface area contributed by atoms with Gasteiger partial charge in [-0.1, -0.05) is 10.2 Å². The van der Waals surface area contributed by atoms with Crippen LogP contribution in [0.1, 0.15) is 6.92 Å². The van der Waals surface area contributed by atoms with Gasteiger partial charge in [0.05, 0.1) is 18.2 Å². The number of rotatable bonds is 3. The SMILES string of the molecule is CO[C@@H]1O[C@@H](C)[C@@H](N=[N+]=[N-])[C@@H](O)[C@H]1N=[N+]=[N-]. The number of hydrogen-bond acceptors (Lipinski definition) is 5. The lowest BCUT2D eigenvalue weighted by Gasteiger charge is -2.39. The minimum atomic E-state index is -1.12. The Hall–Kier alpha value is -1.50. The third kappa shape index (κ3) is 2.35. The summed E-state index contributed by atoms with van der Waals surface area (Å²) in [5, 5.41) is 16.7. The van der Waals surface area contributed by atoms with Crippen LogP contribution in [-0.4, -0.2) is 42.8 Å². The van der Waals surface area contributed by atoms with Crippen molar-refractivity contribution in [2.24, 2.45) is 10.2 Å². The molecular weight excluding hydrogens is 216 g/mol. The highest BCUT2D eigenvalue weighted by Gasteiger charge is 2.42. The number of methoxy groups -OCH3 is 1. The zero-order chi connectivity index (χ0) is 12.1. The third-order valence-electron chi connectivity index (χ3n) is 2.41. The van der Waals surface area contributed by atoms with E-state index >= 15 is 0 Å². The molecule has 9 nitrogen and oxygen atoms in total. The van der Waals surface area contributed by atoms with Crippen molar-refractivity contribution in [1.29, 1.82) is 0 Å². The average molecular weight is 228 g/mol. The molecule has 0 aromatic heterocycles. The van der Waals surface area contributed by atoms with Crippen molar-refractivity contribution < 1.29 is 14.6 Å². The molecule has 88 valence electrons. The predicted molar refractivity (Wildman–Crippen MR) is 53.2 cm³/mol. The molecule has 0 aliphatic carbocycles. The van der Waals surface area contributed by atoms with E-state index in [1.165, 1.54) is 7.11 Å². The van der Waals surface area contributed by atoms with E-state index in [1.54, 1.807) is 6.92 Å². The van der Waals surface area contributed by atoms with Gasteiger partial charge < -0.3 is 14.6 Å². The Morgan fingerprint density at radius 3 is 2.31 bits per heavy atom. The van der Waals surface area contributed by atoms with Crippen LogP contribution < -0.4 is 0 Å². The molecule has 0 radical (unpaired) electrons. The van der Waals surface area contributed by atoms with E-state index in [0.29, 0.717) is 0 Å². The van der Waals surface area contributed by atoms with Gasteiger partial charge in [-0.15, -0.1) is 0 Å². The maximum absolute atomic E-state index is 9.87. The maximum Gasteiger partial charge on any atom is 0.168 e. The minimum absolute atomic E-state index is 0.513. The fourth-order valence-electron chi connectivity index (χ4n) is 1.61. The van der Waals surface area contributed by atoms with Gasteiger partial charge in [0.25, 0.3) is 0 Å². The summed E-state index contributed by atoms with van der Waals surface area (Å²) in [5.41, 5.74) is 16.7. The summed E-state index contributed by atoms with van der Waals surface area (Å²) in [6.45, 7) is 1.64. The number of hydrogen-bond donors (Lipinski definition) is 1. The van der Waals surface area contributed by atoms with E-state index in [4.69, 9.17) is 20.5 Å². The Bertz CT molecular complexity index is 337. The quantitative estimate of drug-likeness (QED) is 0.439. The van der Waals surface area contributed by atoms with Gasteiger partial charge in [-0.25, -0.2) is 0 Å². The first-order valence-electron chi connectivity index (χ1n) is 4.60. The van der Waals surface area contributed by atoms with Crippen LogP contribution >= 0.6 is 0 Å². The molecule has 0 aromatic rings. The average Bonchev–Trinajstić information content (AvgIpc) is 2.28. The van der Waals surface area contributed by atoms with Gasteiger partial charge >= 0.3 is 0 Å². The van der Waals surface area contributed by atoms with Crippen molar-refractivity contribution in [2.45, 2.75) is 37.5 Å². The molecule has 1 aliphatic heterocycles. The Kier molecular flexibility index (Phi) is 4.36. The fourth-order valence-corrected chi connectivity index (χ4v) is 1.61. The third-order valence-corrected chi connectivity index (χ3v) is 2.41. The highest BCUT2D eigenvalue weighted by atomic mass is 16.7. The molecule has 1 aliphatic rings. The van der Waals surface area contributed by atoms with Gasteiger partial charge in [0.2, 0.25) is 0 Å². The first-order valence-corrected chi connectivity index (χ1v) is 4.60. The monoisotopic (exact) mass is 228 g/mol. The first kappa shape index (κ1) is 12.6. The number of ether oxygens (including phenoxy) is 2. The van der Waals surface area contributed by atoms with Crippen molar-refractivity contribution in [3.05, 3.63) is 20.9 Å². The van der Waals surface area contributed by atoms with Crippen LogP contribution in [0.2, 0.25) is 0 Å². The van der Waals surface area contributed by atoms with Crippen molar-refractivity contribution in [3.63, 3.8) is 0 Å². The van der Waals surface area contributed by atoms with Gasteiger partial charge in [-0.05, 0) is 18.0 Å². The van der Waals surface area contributed by atoms with Crippen LogP contribution in [0.4, 0.5) is 0 Å². The minimum Gasteiger partial charge on any atom is -0.392 e. The van der Waals surface area contributed by atoms with Gasteiger partial charge in [0.15, 0.2) is 6.29 Å². The molecule has 1 saturated heterocycles. The Morgan fingerprint density at radius 2 is 1.81 bits per heavy atom. The van der Waals surface area contributed by atoms with Crippen LogP contribution in [0.15, 0.2) is 10.2 Å². The zero-order valence-electron chi connectivity index (χ0n) is 8.83. The highest BCUT2D eigenvalue weighted by molar-refractivity contribution is 4.96. The van der Waals surface area contributed by atoms with E-state index < -0.39 is 30.6 Å². The molecule has 0 spiro atoms. The number of nitrogens with zero attached hydrogens (tertiary/aromatic N) is 6. The van der Waals surface area contributed by atoms with E-state index in [2.05, 4.69) is 20.1 Å². The van der Waals surface area contributed by atoms with E-state index in [9.17, 15) is 5.11 Å². The maximum atomic E-state index is 9.87. The lowest BCUT2D eigenvalue weighted by atomic mass is 9.96. The van der Waals surface area contributed by atoms with Gasteiger partial charge in [0.1, 0.15) is 6.04 Å². The van der Waals surface area contributed by atoms with Crippen LogP contribution in [-0.2, 0) is 9.47 Å². The largest absolute Gasteiger partial charge is 0.392 e. The Balaban J connectivity index is 2.96. The van der Waals surface area contributed by atoms with Crippen LogP contribution in [0, 0.1) is 0 Å². The van der Waals surface area contributed by atoms with E-state index in [-0.39, 0.29) is 0 Å². The second-order valence-electron chi connectivity index (χ2n) is 3.33. The van der Waals surface area contributed by atoms with Crippen molar-refractivity contribution in [3.8, 4) is 0 Å². The zero-order valence-corrected chi connectivity index (χ0v) is 8.83. The van der Waals surface area contributed by atoms with Crippen molar-refractivity contribution in [2.75, 3.05) is 7.11 Å². The van der Waals surface area contributed by atoms with Gasteiger partial charge in [0, 0.05) is 16.9 Å². The van der Waals surface area contributed by atoms with Crippen LogP contribution in [0.3, 0.4) is 0 Å². The summed E-state index contributed by atoms with van der Waals surface area (Å²) in [5.74, 6) is 0. The molecule has 0 bridgehead atoms. The normalized spacial score (nSPS) is 38.3. The number of aliphatic hydroxyl groups is 1. The van der Waals surface area contributed by atoms with Crippen molar-refractivity contribution >= 4 is 0 Å². The molecule has 9 heteroatoms. The summed E-state index contributed by atoms with van der Waals surface area (Å²) in [6, 6.07) is -1.73. The van der Waals surface area contributed by atoms with Gasteiger partial charge in [-0.3, -0.25) is 0 Å². The molecule has 16 heavy (non-hydrogen) atoms. The molecule has 0 amide bonds. The second-order valence-corrected chi connectivity index (χ2v) is 3.33. The van der Waals surface area contributed by atoms with E-state index in [1.807, 2.05) is 0 Å². The molecule has 0 unspecified atom stereocenters. The molecule has 1 heterocycles. The number of aliphatic hydroxyl groups excluding tert-OH is 1. The smallest absolute Gasteiger partial charge is 0.168 e. The fraction of sp³-hybridized carbons (Fsp3) is 1.00. The molecule has 0 aromatic carbocycles. The standard InChI is InChI=1S/C7H12N6O3/c1-3-4(10-12-8)6(14)5(11-13-9)7(15-2)16-3/h3-7,14H,1-2H3/t3-,4+,5+,6+,7+/m0/s1. The van der Waals surface area contributed by atoms with Crippen molar-refractivity contribution in [1.82, 2.24) is 0 Å². The van der Waals surface area contributed by atoms with E-state index in [0.717, 1.165) is 0 Å². The Labute approximate surface area is 91.2 Å². The summed E-state index contributed by atoms with van der Waals surface area (Å²) < 4.78 is 10.3. The predicted octanol–water partition coefficient (Wildman–Crippen LogP) is 1.10. The summed E-state index contributed by atoms with van der Waals surface area (Å²) in [6.07, 6.45) is -2.48. The molecule has 5 atom stereocenters. The topological polar surface area (TPSA) is 136 Å². The molecule has 1 N–H and O–H groups in total. The summed E-state index contributed by atoms with van der Waals surface area (Å²) in [7, 11) is 1.37. The lowest BCUT2D eigenvalue weighted by Crippen LogP contribution is -2.55. The van der Waals surface area contributed by atoms with Crippen LogP contribution in [0.25, 0.3) is 20.9 Å².